The smallest absolute Gasteiger partial charge is 0.231 e. The summed E-state index contributed by atoms with van der Waals surface area (Å²) in [5.41, 5.74) is 0. The third-order valence-electron chi connectivity index (χ3n) is 4.31. The van der Waals surface area contributed by atoms with E-state index in [1.54, 1.807) is 0 Å². The number of ether oxygens (including phenoxy) is 1. The maximum absolute atomic E-state index is 5.45. The highest BCUT2D eigenvalue weighted by Crippen LogP contribution is 2.29. The van der Waals surface area contributed by atoms with Gasteiger partial charge in [-0.1, -0.05) is 12.1 Å². The molecule has 3 rings (SSSR count). The van der Waals surface area contributed by atoms with Crippen molar-refractivity contribution < 1.29 is 9.26 Å². The van der Waals surface area contributed by atoms with Crippen molar-refractivity contribution in [3.8, 4) is 0 Å². The first kappa shape index (κ1) is 13.1. The maximum Gasteiger partial charge on any atom is 0.231 e. The lowest BCUT2D eigenvalue weighted by molar-refractivity contribution is 0.0221. The second kappa shape index (κ2) is 6.01. The molecule has 5 nitrogen and oxygen atoms in total. The third kappa shape index (κ3) is 2.98. The highest BCUT2D eigenvalue weighted by Gasteiger charge is 2.30. The van der Waals surface area contributed by atoms with Crippen molar-refractivity contribution in [3.63, 3.8) is 0 Å². The van der Waals surface area contributed by atoms with Gasteiger partial charge in [-0.05, 0) is 32.2 Å². The first-order chi connectivity index (χ1) is 9.36. The van der Waals surface area contributed by atoms with Crippen LogP contribution in [0.25, 0.3) is 0 Å². The van der Waals surface area contributed by atoms with E-state index in [0.29, 0.717) is 12.0 Å². The largest absolute Gasteiger partial charge is 0.381 e. The second-order valence-electron chi connectivity index (χ2n) is 5.58. The summed E-state index contributed by atoms with van der Waals surface area (Å²) in [5.74, 6) is 2.09. The molecule has 2 saturated heterocycles. The molecule has 106 valence electrons. The number of rotatable bonds is 3. The molecule has 0 saturated carbocycles. The monoisotopic (exact) mass is 265 g/mol. The van der Waals surface area contributed by atoms with Gasteiger partial charge in [0.05, 0.1) is 5.92 Å². The molecule has 0 unspecified atom stereocenters. The molecule has 0 spiro atoms. The summed E-state index contributed by atoms with van der Waals surface area (Å²) in [4.78, 5) is 7.11. The number of nitrogens with zero attached hydrogens (tertiary/aromatic N) is 3. The zero-order chi connectivity index (χ0) is 13.1. The van der Waals surface area contributed by atoms with Crippen LogP contribution in [0.2, 0.25) is 0 Å². The van der Waals surface area contributed by atoms with E-state index in [1.165, 1.54) is 19.4 Å². The highest BCUT2D eigenvalue weighted by atomic mass is 16.5. The Hall–Kier alpha value is -0.940. The Balaban J connectivity index is 1.63. The van der Waals surface area contributed by atoms with Crippen LogP contribution < -0.4 is 0 Å². The summed E-state index contributed by atoms with van der Waals surface area (Å²) < 4.78 is 10.9. The van der Waals surface area contributed by atoms with Crippen LogP contribution in [-0.2, 0) is 11.2 Å². The van der Waals surface area contributed by atoms with Gasteiger partial charge in [0.2, 0.25) is 5.89 Å². The van der Waals surface area contributed by atoms with Crippen molar-refractivity contribution in [2.75, 3.05) is 26.3 Å². The molecular weight excluding hydrogens is 242 g/mol. The molecule has 3 heterocycles. The average molecular weight is 265 g/mol. The normalized spacial score (nSPS) is 26.7. The topological polar surface area (TPSA) is 51.4 Å². The van der Waals surface area contributed by atoms with Crippen molar-refractivity contribution in [3.05, 3.63) is 11.7 Å². The van der Waals surface area contributed by atoms with Gasteiger partial charge in [0.1, 0.15) is 0 Å². The molecule has 1 aromatic rings. The summed E-state index contributed by atoms with van der Waals surface area (Å²) in [6, 6.07) is 0.685. The quantitative estimate of drug-likeness (QED) is 0.836. The maximum atomic E-state index is 5.45. The molecule has 0 radical (unpaired) electrons. The summed E-state index contributed by atoms with van der Waals surface area (Å²) in [5, 5.41) is 4.02. The Labute approximate surface area is 114 Å². The van der Waals surface area contributed by atoms with E-state index in [1.807, 2.05) is 0 Å². The molecule has 0 amide bonds. The lowest BCUT2D eigenvalue weighted by Crippen LogP contribution is -2.44. The molecule has 5 heteroatoms. The number of aryl methyl sites for hydroxylation is 1. The van der Waals surface area contributed by atoms with E-state index in [-0.39, 0.29) is 0 Å². The van der Waals surface area contributed by atoms with Gasteiger partial charge >= 0.3 is 0 Å². The van der Waals surface area contributed by atoms with Crippen molar-refractivity contribution in [2.24, 2.45) is 0 Å². The van der Waals surface area contributed by atoms with Gasteiger partial charge in [-0.15, -0.1) is 0 Å². The highest BCUT2D eigenvalue weighted by molar-refractivity contribution is 4.98. The van der Waals surface area contributed by atoms with E-state index in [9.17, 15) is 0 Å². The van der Waals surface area contributed by atoms with E-state index < -0.39 is 0 Å². The third-order valence-corrected chi connectivity index (χ3v) is 4.31. The SMILES string of the molecule is CCc1noc([C@H]2CCCN(C3CCOCC3)C2)n1. The van der Waals surface area contributed by atoms with Gasteiger partial charge in [-0.3, -0.25) is 4.90 Å². The predicted octanol–water partition coefficient (Wildman–Crippen LogP) is 1.99. The van der Waals surface area contributed by atoms with Crippen molar-refractivity contribution in [2.45, 2.75) is 51.0 Å². The van der Waals surface area contributed by atoms with Gasteiger partial charge < -0.3 is 9.26 Å². The fourth-order valence-corrected chi connectivity index (χ4v) is 3.17. The zero-order valence-electron chi connectivity index (χ0n) is 11.7. The van der Waals surface area contributed by atoms with Crippen LogP contribution in [0.4, 0.5) is 0 Å². The first-order valence-electron chi connectivity index (χ1n) is 7.51. The summed E-state index contributed by atoms with van der Waals surface area (Å²) in [6.07, 6.45) is 5.57. The molecule has 1 aromatic heterocycles. The first-order valence-corrected chi connectivity index (χ1v) is 7.51. The van der Waals surface area contributed by atoms with Crippen molar-refractivity contribution >= 4 is 0 Å². The van der Waals surface area contributed by atoms with Crippen LogP contribution in [0.1, 0.15) is 50.2 Å². The lowest BCUT2D eigenvalue weighted by atomic mass is 9.95. The van der Waals surface area contributed by atoms with Crippen LogP contribution in [0.3, 0.4) is 0 Å². The van der Waals surface area contributed by atoms with Crippen LogP contribution in [0.5, 0.6) is 0 Å². The molecule has 19 heavy (non-hydrogen) atoms. The van der Waals surface area contributed by atoms with E-state index in [2.05, 4.69) is 22.0 Å². The molecule has 0 aliphatic carbocycles. The standard InChI is InChI=1S/C14H23N3O2/c1-2-13-15-14(19-16-13)11-4-3-7-17(10-11)12-5-8-18-9-6-12/h11-12H,2-10H2,1H3/t11-/m0/s1. The van der Waals surface area contributed by atoms with E-state index in [4.69, 9.17) is 9.26 Å². The second-order valence-corrected chi connectivity index (χ2v) is 5.58. The van der Waals surface area contributed by atoms with Gasteiger partial charge in [-0.25, -0.2) is 0 Å². The molecule has 0 aromatic carbocycles. The number of aromatic nitrogens is 2. The molecule has 2 aliphatic heterocycles. The molecule has 0 N–H and O–H groups in total. The van der Waals surface area contributed by atoms with Crippen LogP contribution in [-0.4, -0.2) is 47.4 Å². The number of hydrogen-bond acceptors (Lipinski definition) is 5. The van der Waals surface area contributed by atoms with Gasteiger partial charge in [0.15, 0.2) is 5.82 Å². The Morgan fingerprint density at radius 1 is 1.26 bits per heavy atom. The number of hydrogen-bond donors (Lipinski definition) is 0. The molecule has 0 bridgehead atoms. The summed E-state index contributed by atoms with van der Waals surface area (Å²) in [7, 11) is 0. The van der Waals surface area contributed by atoms with Crippen molar-refractivity contribution in [1.29, 1.82) is 0 Å². The van der Waals surface area contributed by atoms with E-state index in [0.717, 1.165) is 50.7 Å². The Kier molecular flexibility index (Phi) is 4.13. The predicted molar refractivity (Wildman–Crippen MR) is 71.1 cm³/mol. The summed E-state index contributed by atoms with van der Waals surface area (Å²) in [6.45, 7) is 6.15. The average Bonchev–Trinajstić information content (AvgIpc) is 2.97. The van der Waals surface area contributed by atoms with Crippen molar-refractivity contribution in [1.82, 2.24) is 15.0 Å². The Morgan fingerprint density at radius 3 is 2.84 bits per heavy atom. The lowest BCUT2D eigenvalue weighted by Gasteiger charge is -2.38. The molecular formula is C14H23N3O2. The summed E-state index contributed by atoms with van der Waals surface area (Å²) >= 11 is 0. The minimum absolute atomic E-state index is 0.421. The Bertz CT molecular complexity index is 401. The number of piperidine rings is 1. The molecule has 2 fully saturated rings. The van der Waals surface area contributed by atoms with Gasteiger partial charge in [0.25, 0.3) is 0 Å². The van der Waals surface area contributed by atoms with Crippen LogP contribution >= 0.6 is 0 Å². The molecule has 2 aliphatic rings. The van der Waals surface area contributed by atoms with Crippen LogP contribution in [0.15, 0.2) is 4.52 Å². The fourth-order valence-electron chi connectivity index (χ4n) is 3.17. The van der Waals surface area contributed by atoms with Crippen LogP contribution in [0, 0.1) is 0 Å². The molecule has 1 atom stereocenters. The fraction of sp³-hybridized carbons (Fsp3) is 0.857. The number of likely N-dealkylation sites (tertiary alicyclic amines) is 1. The Morgan fingerprint density at radius 2 is 2.11 bits per heavy atom. The zero-order valence-corrected chi connectivity index (χ0v) is 11.7. The van der Waals surface area contributed by atoms with E-state index >= 15 is 0 Å². The minimum Gasteiger partial charge on any atom is -0.381 e. The van der Waals surface area contributed by atoms with Gasteiger partial charge in [-0.2, -0.15) is 4.98 Å². The van der Waals surface area contributed by atoms with Gasteiger partial charge in [0, 0.05) is 32.2 Å². The minimum atomic E-state index is 0.421.